The van der Waals surface area contributed by atoms with E-state index >= 15 is 0 Å². The number of furan rings is 1. The lowest BCUT2D eigenvalue weighted by Gasteiger charge is -2.00. The minimum absolute atomic E-state index is 0.124. The van der Waals surface area contributed by atoms with Crippen molar-refractivity contribution in [2.24, 2.45) is 7.05 Å². The van der Waals surface area contributed by atoms with Crippen molar-refractivity contribution >= 4 is 33.3 Å². The predicted octanol–water partition coefficient (Wildman–Crippen LogP) is 3.16. The summed E-state index contributed by atoms with van der Waals surface area (Å²) in [6, 6.07) is 3.13. The largest absolute Gasteiger partial charge is 0.442 e. The summed E-state index contributed by atoms with van der Waals surface area (Å²) in [5, 5.41) is 4.44. The molecule has 4 nitrogen and oxygen atoms in total. The van der Waals surface area contributed by atoms with Crippen LogP contribution in [0.2, 0.25) is 5.22 Å². The summed E-state index contributed by atoms with van der Waals surface area (Å²) < 4.78 is 7.61. The van der Waals surface area contributed by atoms with Crippen LogP contribution in [0.4, 0.5) is 0 Å². The Labute approximate surface area is 112 Å². The van der Waals surface area contributed by atoms with Gasteiger partial charge in [-0.1, -0.05) is 0 Å². The van der Waals surface area contributed by atoms with Gasteiger partial charge in [-0.25, -0.2) is 0 Å². The third-order valence-corrected chi connectivity index (χ3v) is 3.67. The molecule has 2 aromatic heterocycles. The van der Waals surface area contributed by atoms with E-state index in [4.69, 9.17) is 16.0 Å². The first-order valence-corrected chi connectivity index (χ1v) is 6.12. The second-order valence-electron chi connectivity index (χ2n) is 3.67. The SMILES string of the molecule is Cc1nn(C)c(CC(=O)c2ccc(Cl)o2)c1Br. The van der Waals surface area contributed by atoms with E-state index in [0.717, 1.165) is 15.9 Å². The summed E-state index contributed by atoms with van der Waals surface area (Å²) in [4.78, 5) is 11.9. The Morgan fingerprint density at radius 1 is 1.59 bits per heavy atom. The summed E-state index contributed by atoms with van der Waals surface area (Å²) in [5.41, 5.74) is 1.67. The van der Waals surface area contributed by atoms with Crippen molar-refractivity contribution in [3.63, 3.8) is 0 Å². The Morgan fingerprint density at radius 2 is 2.29 bits per heavy atom. The molecule has 0 aromatic carbocycles. The van der Waals surface area contributed by atoms with Crippen LogP contribution < -0.4 is 0 Å². The molecule has 90 valence electrons. The first-order chi connectivity index (χ1) is 7.99. The lowest BCUT2D eigenvalue weighted by molar-refractivity contribution is 0.0964. The molecule has 17 heavy (non-hydrogen) atoms. The fraction of sp³-hybridized carbons (Fsp3) is 0.273. The van der Waals surface area contributed by atoms with Gasteiger partial charge in [-0.05, 0) is 46.6 Å². The number of nitrogens with zero attached hydrogens (tertiary/aromatic N) is 2. The van der Waals surface area contributed by atoms with Gasteiger partial charge in [0, 0.05) is 7.05 Å². The van der Waals surface area contributed by atoms with Crippen LogP contribution in [0.15, 0.2) is 21.0 Å². The van der Waals surface area contributed by atoms with Gasteiger partial charge in [0.15, 0.2) is 11.0 Å². The molecule has 0 N–H and O–H groups in total. The Hall–Kier alpha value is -1.07. The highest BCUT2D eigenvalue weighted by molar-refractivity contribution is 9.10. The minimum Gasteiger partial charge on any atom is -0.442 e. The summed E-state index contributed by atoms with van der Waals surface area (Å²) >= 11 is 9.04. The van der Waals surface area contributed by atoms with Gasteiger partial charge in [0.05, 0.1) is 22.3 Å². The van der Waals surface area contributed by atoms with Crippen LogP contribution in [0.1, 0.15) is 21.9 Å². The zero-order chi connectivity index (χ0) is 12.6. The van der Waals surface area contributed by atoms with Crippen LogP contribution in [0, 0.1) is 6.92 Å². The van der Waals surface area contributed by atoms with Gasteiger partial charge in [0.1, 0.15) is 0 Å². The molecule has 0 spiro atoms. The number of carbonyl (C=O) groups is 1. The lowest BCUT2D eigenvalue weighted by Crippen LogP contribution is -2.07. The van der Waals surface area contributed by atoms with Crippen LogP contribution in [0.25, 0.3) is 0 Å². The van der Waals surface area contributed by atoms with E-state index in [1.54, 1.807) is 23.9 Å². The standard InChI is InChI=1S/C11H10BrClN2O2/c1-6-11(12)7(15(2)14-6)5-8(16)9-3-4-10(13)17-9/h3-4H,5H2,1-2H3. The Bertz CT molecular complexity index is 574. The normalized spacial score (nSPS) is 10.8. The van der Waals surface area contributed by atoms with Crippen molar-refractivity contribution in [2.75, 3.05) is 0 Å². The first kappa shape index (κ1) is 12.4. The highest BCUT2D eigenvalue weighted by Crippen LogP contribution is 2.22. The van der Waals surface area contributed by atoms with E-state index in [1.165, 1.54) is 0 Å². The van der Waals surface area contributed by atoms with E-state index in [-0.39, 0.29) is 23.2 Å². The van der Waals surface area contributed by atoms with E-state index < -0.39 is 0 Å². The van der Waals surface area contributed by atoms with Crippen LogP contribution in [0.3, 0.4) is 0 Å². The number of aryl methyl sites for hydroxylation is 2. The van der Waals surface area contributed by atoms with Gasteiger partial charge in [0.2, 0.25) is 5.78 Å². The summed E-state index contributed by atoms with van der Waals surface area (Å²) in [6.07, 6.45) is 0.224. The molecule has 0 atom stereocenters. The molecular weight excluding hydrogens is 307 g/mol. The van der Waals surface area contributed by atoms with Crippen LogP contribution in [-0.4, -0.2) is 15.6 Å². The zero-order valence-electron chi connectivity index (χ0n) is 9.33. The van der Waals surface area contributed by atoms with Gasteiger partial charge in [-0.15, -0.1) is 0 Å². The molecule has 0 aliphatic heterocycles. The highest BCUT2D eigenvalue weighted by atomic mass is 79.9. The molecule has 0 bridgehead atoms. The molecule has 0 radical (unpaired) electrons. The molecule has 0 saturated carbocycles. The molecule has 0 aliphatic carbocycles. The molecule has 0 aliphatic rings. The second kappa shape index (κ2) is 4.66. The zero-order valence-corrected chi connectivity index (χ0v) is 11.7. The quantitative estimate of drug-likeness (QED) is 0.817. The molecule has 0 amide bonds. The molecular formula is C11H10BrClN2O2. The van der Waals surface area contributed by atoms with Gasteiger partial charge in [-0.2, -0.15) is 5.10 Å². The van der Waals surface area contributed by atoms with Gasteiger partial charge in [-0.3, -0.25) is 9.48 Å². The number of Topliss-reactive ketones (excluding diaryl/α,β-unsaturated/α-hetero) is 1. The number of carbonyl (C=O) groups excluding carboxylic acids is 1. The van der Waals surface area contributed by atoms with Crippen LogP contribution >= 0.6 is 27.5 Å². The van der Waals surface area contributed by atoms with Crippen LogP contribution in [0.5, 0.6) is 0 Å². The van der Waals surface area contributed by atoms with Gasteiger partial charge < -0.3 is 4.42 Å². The topological polar surface area (TPSA) is 48.0 Å². The van der Waals surface area contributed by atoms with Crippen molar-refractivity contribution < 1.29 is 9.21 Å². The third kappa shape index (κ3) is 2.45. The smallest absolute Gasteiger partial charge is 0.204 e. The maximum absolute atomic E-state index is 11.9. The van der Waals surface area contributed by atoms with Crippen molar-refractivity contribution in [1.29, 1.82) is 0 Å². The van der Waals surface area contributed by atoms with E-state index in [2.05, 4.69) is 21.0 Å². The predicted molar refractivity (Wildman–Crippen MR) is 67.4 cm³/mol. The Morgan fingerprint density at radius 3 is 2.76 bits per heavy atom. The second-order valence-corrected chi connectivity index (χ2v) is 4.84. The highest BCUT2D eigenvalue weighted by Gasteiger charge is 2.17. The van der Waals surface area contributed by atoms with Crippen molar-refractivity contribution in [2.45, 2.75) is 13.3 Å². The number of aromatic nitrogens is 2. The number of rotatable bonds is 3. The molecule has 0 fully saturated rings. The molecule has 2 heterocycles. The Kier molecular flexibility index (Phi) is 3.40. The maximum Gasteiger partial charge on any atom is 0.204 e. The van der Waals surface area contributed by atoms with E-state index in [0.29, 0.717) is 0 Å². The van der Waals surface area contributed by atoms with Crippen molar-refractivity contribution in [1.82, 2.24) is 9.78 Å². The minimum atomic E-state index is -0.124. The number of hydrogen-bond donors (Lipinski definition) is 0. The average molecular weight is 318 g/mol. The van der Waals surface area contributed by atoms with Crippen LogP contribution in [-0.2, 0) is 13.5 Å². The summed E-state index contributed by atoms with van der Waals surface area (Å²) in [5.74, 6) is 0.140. The van der Waals surface area contributed by atoms with Gasteiger partial charge in [0.25, 0.3) is 0 Å². The Balaban J connectivity index is 2.24. The molecule has 0 unspecified atom stereocenters. The number of halogens is 2. The molecule has 0 saturated heterocycles. The van der Waals surface area contributed by atoms with E-state index in [1.807, 2.05) is 6.92 Å². The summed E-state index contributed by atoms with van der Waals surface area (Å²) in [6.45, 7) is 1.88. The summed E-state index contributed by atoms with van der Waals surface area (Å²) in [7, 11) is 1.80. The molecule has 6 heteroatoms. The van der Waals surface area contributed by atoms with Crippen molar-refractivity contribution in [3.05, 3.63) is 39.0 Å². The lowest BCUT2D eigenvalue weighted by atomic mass is 10.2. The number of hydrogen-bond acceptors (Lipinski definition) is 3. The van der Waals surface area contributed by atoms with E-state index in [9.17, 15) is 4.79 Å². The fourth-order valence-corrected chi connectivity index (χ4v) is 2.20. The number of ketones is 1. The third-order valence-electron chi connectivity index (χ3n) is 2.44. The molecule has 2 aromatic rings. The van der Waals surface area contributed by atoms with Gasteiger partial charge >= 0.3 is 0 Å². The maximum atomic E-state index is 11.9. The monoisotopic (exact) mass is 316 g/mol. The first-order valence-electron chi connectivity index (χ1n) is 4.95. The van der Waals surface area contributed by atoms with Crippen molar-refractivity contribution in [3.8, 4) is 0 Å². The fourth-order valence-electron chi connectivity index (χ4n) is 1.58. The average Bonchev–Trinajstić information content (AvgIpc) is 2.79. The molecule has 2 rings (SSSR count).